The Morgan fingerprint density at radius 1 is 1.47 bits per heavy atom. The Morgan fingerprint density at radius 3 is 2.84 bits per heavy atom. The molecule has 1 aliphatic heterocycles. The Hall–Kier alpha value is -0.880. The Morgan fingerprint density at radius 2 is 2.21 bits per heavy atom. The molecule has 1 aliphatic rings. The number of carbonyl (C=O) groups excluding carboxylic acids is 1. The molecule has 1 saturated heterocycles. The summed E-state index contributed by atoms with van der Waals surface area (Å²) >= 11 is 3.39. The van der Waals surface area contributed by atoms with Crippen LogP contribution in [0.2, 0.25) is 0 Å². The molecule has 1 unspecified atom stereocenters. The molecule has 0 saturated carbocycles. The molecule has 1 amide bonds. The lowest BCUT2D eigenvalue weighted by Gasteiger charge is -2.11. The maximum atomic E-state index is 12.1. The molecular formula is C13H16BrNO3S. The van der Waals surface area contributed by atoms with Crippen molar-refractivity contribution in [1.29, 1.82) is 0 Å². The fraction of sp³-hybridized carbons (Fsp3) is 0.462. The second-order valence-corrected chi connectivity index (χ2v) is 7.97. The summed E-state index contributed by atoms with van der Waals surface area (Å²) in [6.45, 7) is 2.29. The van der Waals surface area contributed by atoms with Gasteiger partial charge in [-0.25, -0.2) is 8.42 Å². The summed E-state index contributed by atoms with van der Waals surface area (Å²) < 4.78 is 23.6. The molecule has 6 heteroatoms. The van der Waals surface area contributed by atoms with Crippen LogP contribution in [0.4, 0.5) is 0 Å². The van der Waals surface area contributed by atoms with Crippen molar-refractivity contribution in [2.24, 2.45) is 5.92 Å². The first-order valence-corrected chi connectivity index (χ1v) is 8.74. The summed E-state index contributed by atoms with van der Waals surface area (Å²) in [7, 11) is -2.88. The summed E-state index contributed by atoms with van der Waals surface area (Å²) in [5.41, 5.74) is 1.51. The molecule has 1 aromatic carbocycles. The fourth-order valence-electron chi connectivity index (χ4n) is 2.22. The largest absolute Gasteiger partial charge is 0.352 e. The van der Waals surface area contributed by atoms with E-state index in [1.807, 2.05) is 19.1 Å². The van der Waals surface area contributed by atoms with Gasteiger partial charge in [-0.1, -0.05) is 22.0 Å². The smallest absolute Gasteiger partial charge is 0.251 e. The second-order valence-electron chi connectivity index (χ2n) is 4.89. The van der Waals surface area contributed by atoms with Crippen LogP contribution < -0.4 is 5.32 Å². The van der Waals surface area contributed by atoms with Gasteiger partial charge in [-0.05, 0) is 37.0 Å². The third-order valence-corrected chi connectivity index (χ3v) is 6.09. The number of carbonyl (C=O) groups is 1. The number of nitrogens with one attached hydrogen (secondary N) is 1. The van der Waals surface area contributed by atoms with Crippen molar-refractivity contribution in [3.8, 4) is 0 Å². The molecule has 0 bridgehead atoms. The Balaban J connectivity index is 1.97. The molecular weight excluding hydrogens is 330 g/mol. The van der Waals surface area contributed by atoms with Crippen LogP contribution in [0.25, 0.3) is 0 Å². The van der Waals surface area contributed by atoms with Gasteiger partial charge in [0.05, 0.1) is 11.5 Å². The summed E-state index contributed by atoms with van der Waals surface area (Å²) in [6.07, 6.45) is 0.639. The van der Waals surface area contributed by atoms with Crippen LogP contribution in [0.5, 0.6) is 0 Å². The summed E-state index contributed by atoms with van der Waals surface area (Å²) in [5.74, 6) is 0.318. The van der Waals surface area contributed by atoms with Crippen molar-refractivity contribution in [2.45, 2.75) is 13.3 Å². The maximum Gasteiger partial charge on any atom is 0.251 e. The number of halogens is 1. The lowest BCUT2D eigenvalue weighted by molar-refractivity contribution is 0.0947. The van der Waals surface area contributed by atoms with Crippen LogP contribution in [-0.2, 0) is 9.84 Å². The fourth-order valence-corrected chi connectivity index (χ4v) is 4.45. The molecule has 1 N–H and O–H groups in total. The van der Waals surface area contributed by atoms with Gasteiger partial charge in [0.25, 0.3) is 5.91 Å². The van der Waals surface area contributed by atoms with E-state index in [-0.39, 0.29) is 23.3 Å². The molecule has 0 spiro atoms. The average molecular weight is 346 g/mol. The van der Waals surface area contributed by atoms with E-state index in [1.54, 1.807) is 6.07 Å². The van der Waals surface area contributed by atoms with E-state index in [2.05, 4.69) is 21.2 Å². The quantitative estimate of drug-likeness (QED) is 0.910. The zero-order valence-electron chi connectivity index (χ0n) is 10.6. The van der Waals surface area contributed by atoms with E-state index < -0.39 is 9.84 Å². The molecule has 0 aromatic heterocycles. The highest BCUT2D eigenvalue weighted by Gasteiger charge is 2.28. The minimum Gasteiger partial charge on any atom is -0.352 e. The molecule has 0 aliphatic carbocycles. The van der Waals surface area contributed by atoms with E-state index in [0.717, 1.165) is 10.0 Å². The standard InChI is InChI=1S/C13H16BrNO3S/c1-9-11(3-2-4-12(9)14)13(16)15-7-10-5-6-19(17,18)8-10/h2-4,10H,5-8H2,1H3,(H,15,16). The van der Waals surface area contributed by atoms with Crippen molar-refractivity contribution < 1.29 is 13.2 Å². The third kappa shape index (κ3) is 3.57. The highest BCUT2D eigenvalue weighted by molar-refractivity contribution is 9.10. The van der Waals surface area contributed by atoms with Crippen LogP contribution in [0.1, 0.15) is 22.3 Å². The van der Waals surface area contributed by atoms with Crippen molar-refractivity contribution in [1.82, 2.24) is 5.32 Å². The number of amides is 1. The zero-order valence-corrected chi connectivity index (χ0v) is 13.1. The van der Waals surface area contributed by atoms with Crippen LogP contribution in [0.3, 0.4) is 0 Å². The molecule has 2 rings (SSSR count). The predicted octanol–water partition coefficient (Wildman–Crippen LogP) is 1.92. The van der Waals surface area contributed by atoms with Crippen molar-refractivity contribution in [3.05, 3.63) is 33.8 Å². The number of hydrogen-bond acceptors (Lipinski definition) is 3. The van der Waals surface area contributed by atoms with Gasteiger partial charge >= 0.3 is 0 Å². The lowest BCUT2D eigenvalue weighted by Crippen LogP contribution is -2.30. The monoisotopic (exact) mass is 345 g/mol. The lowest BCUT2D eigenvalue weighted by atomic mass is 10.1. The van der Waals surface area contributed by atoms with Gasteiger partial charge in [0.1, 0.15) is 0 Å². The molecule has 1 heterocycles. The van der Waals surface area contributed by atoms with Gasteiger partial charge in [0.15, 0.2) is 9.84 Å². The van der Waals surface area contributed by atoms with Crippen LogP contribution in [0.15, 0.2) is 22.7 Å². The van der Waals surface area contributed by atoms with E-state index in [1.165, 1.54) is 0 Å². The number of sulfone groups is 1. The van der Waals surface area contributed by atoms with Crippen LogP contribution in [-0.4, -0.2) is 32.4 Å². The average Bonchev–Trinajstić information content (AvgIpc) is 2.69. The molecule has 19 heavy (non-hydrogen) atoms. The first kappa shape index (κ1) is 14.5. The first-order chi connectivity index (χ1) is 8.89. The van der Waals surface area contributed by atoms with E-state index in [9.17, 15) is 13.2 Å². The molecule has 1 fully saturated rings. The van der Waals surface area contributed by atoms with Gasteiger partial charge in [-0.2, -0.15) is 0 Å². The van der Waals surface area contributed by atoms with Gasteiger partial charge < -0.3 is 5.32 Å². The molecule has 4 nitrogen and oxygen atoms in total. The Kier molecular flexibility index (Phi) is 4.30. The van der Waals surface area contributed by atoms with Gasteiger partial charge in [0, 0.05) is 16.6 Å². The van der Waals surface area contributed by atoms with E-state index >= 15 is 0 Å². The molecule has 104 valence electrons. The molecule has 1 atom stereocenters. The Labute approximate surface area is 121 Å². The molecule has 0 radical (unpaired) electrons. The highest BCUT2D eigenvalue weighted by atomic mass is 79.9. The number of rotatable bonds is 3. The van der Waals surface area contributed by atoms with Crippen molar-refractivity contribution in [2.75, 3.05) is 18.1 Å². The van der Waals surface area contributed by atoms with Gasteiger partial charge in [-0.15, -0.1) is 0 Å². The predicted molar refractivity (Wildman–Crippen MR) is 78.0 cm³/mol. The summed E-state index contributed by atoms with van der Waals surface area (Å²) in [6, 6.07) is 5.46. The third-order valence-electron chi connectivity index (χ3n) is 3.39. The van der Waals surface area contributed by atoms with Gasteiger partial charge in [0.2, 0.25) is 0 Å². The summed E-state index contributed by atoms with van der Waals surface area (Å²) in [5, 5.41) is 2.82. The van der Waals surface area contributed by atoms with Crippen molar-refractivity contribution in [3.63, 3.8) is 0 Å². The molecule has 1 aromatic rings. The zero-order chi connectivity index (χ0) is 14.0. The highest BCUT2D eigenvalue weighted by Crippen LogP contribution is 2.20. The normalized spacial score (nSPS) is 21.3. The first-order valence-electron chi connectivity index (χ1n) is 6.13. The topological polar surface area (TPSA) is 63.2 Å². The van der Waals surface area contributed by atoms with E-state index in [4.69, 9.17) is 0 Å². The van der Waals surface area contributed by atoms with E-state index in [0.29, 0.717) is 18.5 Å². The number of benzene rings is 1. The van der Waals surface area contributed by atoms with Gasteiger partial charge in [-0.3, -0.25) is 4.79 Å². The summed E-state index contributed by atoms with van der Waals surface area (Å²) in [4.78, 5) is 12.1. The maximum absolute atomic E-state index is 12.1. The number of hydrogen-bond donors (Lipinski definition) is 1. The second kappa shape index (κ2) is 5.63. The van der Waals surface area contributed by atoms with Crippen LogP contribution >= 0.6 is 15.9 Å². The van der Waals surface area contributed by atoms with Crippen LogP contribution in [0, 0.1) is 12.8 Å². The SMILES string of the molecule is Cc1c(Br)cccc1C(=O)NCC1CCS(=O)(=O)C1. The minimum absolute atomic E-state index is 0.0430. The Bertz CT molecular complexity index is 598. The van der Waals surface area contributed by atoms with Crippen molar-refractivity contribution >= 4 is 31.7 Å². The minimum atomic E-state index is -2.88.